The van der Waals surface area contributed by atoms with Crippen molar-refractivity contribution < 1.29 is 30.8 Å². The molecule has 0 aliphatic carbocycles. The van der Waals surface area contributed by atoms with E-state index in [1.165, 1.54) is 32.4 Å². The van der Waals surface area contributed by atoms with Gasteiger partial charge in [0.05, 0.1) is 36.8 Å². The number of benzene rings is 1. The van der Waals surface area contributed by atoms with E-state index in [1.807, 2.05) is 18.7 Å². The Labute approximate surface area is 194 Å². The molecule has 12 heteroatoms. The van der Waals surface area contributed by atoms with Crippen LogP contribution in [-0.2, 0) is 24.8 Å². The third kappa shape index (κ3) is 5.08. The first-order chi connectivity index (χ1) is 15.6. The van der Waals surface area contributed by atoms with Crippen LogP contribution in [0.25, 0.3) is 0 Å². The summed E-state index contributed by atoms with van der Waals surface area (Å²) < 4.78 is 65.5. The SMILES string of the molecule is CCN(CC)C(CNS(=O)(=O)c1cc(N2C(=O)C(C)CS2(=O)=O)ccc1OC)c1ccco1. The zero-order valence-corrected chi connectivity index (χ0v) is 20.6. The van der Waals surface area contributed by atoms with E-state index in [4.69, 9.17) is 9.15 Å². The molecule has 1 aliphatic heterocycles. The van der Waals surface area contributed by atoms with Gasteiger partial charge in [0.15, 0.2) is 0 Å². The fourth-order valence-electron chi connectivity index (χ4n) is 3.91. The van der Waals surface area contributed by atoms with Crippen LogP contribution in [0.4, 0.5) is 5.69 Å². The Morgan fingerprint density at radius 2 is 1.97 bits per heavy atom. The highest BCUT2D eigenvalue weighted by molar-refractivity contribution is 7.94. The summed E-state index contributed by atoms with van der Waals surface area (Å²) in [5.41, 5.74) is -0.0446. The lowest BCUT2D eigenvalue weighted by Crippen LogP contribution is -2.38. The van der Waals surface area contributed by atoms with Crippen LogP contribution >= 0.6 is 0 Å². The molecule has 1 fully saturated rings. The molecule has 182 valence electrons. The molecule has 2 unspecified atom stereocenters. The monoisotopic (exact) mass is 499 g/mol. The number of hydrogen-bond acceptors (Lipinski definition) is 8. The first-order valence-electron chi connectivity index (χ1n) is 10.6. The minimum Gasteiger partial charge on any atom is -0.495 e. The first-order valence-corrected chi connectivity index (χ1v) is 13.7. The fraction of sp³-hybridized carbons (Fsp3) is 0.476. The van der Waals surface area contributed by atoms with Gasteiger partial charge in [-0.2, -0.15) is 0 Å². The second-order valence-corrected chi connectivity index (χ2v) is 11.3. The topological polar surface area (TPSA) is 126 Å². The molecule has 0 spiro atoms. The molecule has 1 saturated heterocycles. The number of carbonyl (C=O) groups is 1. The standard InChI is InChI=1S/C21H29N3O7S2/c1-5-23(6-2)17(18-8-7-11-31-18)13-22-33(28,29)20-12-16(9-10-19(20)30-4)24-21(25)15(3)14-32(24,26)27/h7-12,15,17,22H,5-6,13-14H2,1-4H3. The van der Waals surface area contributed by atoms with Gasteiger partial charge in [-0.3, -0.25) is 9.69 Å². The molecule has 0 bridgehead atoms. The van der Waals surface area contributed by atoms with Gasteiger partial charge in [0.1, 0.15) is 16.4 Å². The van der Waals surface area contributed by atoms with Crippen molar-refractivity contribution in [3.8, 4) is 5.75 Å². The van der Waals surface area contributed by atoms with Gasteiger partial charge in [-0.1, -0.05) is 20.8 Å². The van der Waals surface area contributed by atoms with Crippen molar-refractivity contribution in [1.82, 2.24) is 9.62 Å². The van der Waals surface area contributed by atoms with E-state index in [0.29, 0.717) is 23.2 Å². The summed E-state index contributed by atoms with van der Waals surface area (Å²) in [4.78, 5) is 14.2. The summed E-state index contributed by atoms with van der Waals surface area (Å²) in [5, 5.41) is 0. The molecule has 0 saturated carbocycles. The molecule has 1 amide bonds. The van der Waals surface area contributed by atoms with Crippen LogP contribution in [0.2, 0.25) is 0 Å². The highest BCUT2D eigenvalue weighted by Gasteiger charge is 2.42. The van der Waals surface area contributed by atoms with Gasteiger partial charge in [0, 0.05) is 6.54 Å². The second-order valence-electron chi connectivity index (χ2n) is 7.72. The summed E-state index contributed by atoms with van der Waals surface area (Å²) in [6.45, 7) is 6.82. The van der Waals surface area contributed by atoms with Crippen LogP contribution in [-0.4, -0.2) is 60.1 Å². The van der Waals surface area contributed by atoms with E-state index in [-0.39, 0.29) is 34.7 Å². The number of nitrogens with one attached hydrogen (secondary N) is 1. The number of furan rings is 1. The van der Waals surface area contributed by atoms with Crippen molar-refractivity contribution in [2.75, 3.05) is 36.8 Å². The molecule has 1 aliphatic rings. The Hall–Kier alpha value is -2.41. The highest BCUT2D eigenvalue weighted by atomic mass is 32.2. The third-order valence-electron chi connectivity index (χ3n) is 5.62. The van der Waals surface area contributed by atoms with Gasteiger partial charge >= 0.3 is 0 Å². The van der Waals surface area contributed by atoms with E-state index >= 15 is 0 Å². The smallest absolute Gasteiger partial charge is 0.244 e. The van der Waals surface area contributed by atoms with E-state index in [0.717, 1.165) is 6.07 Å². The average molecular weight is 500 g/mol. The van der Waals surface area contributed by atoms with Crippen LogP contribution in [0.5, 0.6) is 5.75 Å². The van der Waals surface area contributed by atoms with E-state index < -0.39 is 31.9 Å². The summed E-state index contributed by atoms with van der Waals surface area (Å²) in [6, 6.07) is 7.01. The number of methoxy groups -OCH3 is 1. The van der Waals surface area contributed by atoms with Crippen molar-refractivity contribution >= 4 is 31.6 Å². The summed E-state index contributed by atoms with van der Waals surface area (Å²) in [5.74, 6) is -0.993. The predicted octanol–water partition coefficient (Wildman–Crippen LogP) is 1.96. The van der Waals surface area contributed by atoms with E-state index in [9.17, 15) is 21.6 Å². The summed E-state index contributed by atoms with van der Waals surface area (Å²) in [7, 11) is -6.71. The van der Waals surface area contributed by atoms with Crippen molar-refractivity contribution in [3.63, 3.8) is 0 Å². The lowest BCUT2D eigenvalue weighted by molar-refractivity contribution is -0.119. The van der Waals surface area contributed by atoms with Crippen molar-refractivity contribution in [1.29, 1.82) is 0 Å². The Morgan fingerprint density at radius 3 is 2.48 bits per heavy atom. The Morgan fingerprint density at radius 1 is 1.27 bits per heavy atom. The Bertz CT molecular complexity index is 1190. The molecular weight excluding hydrogens is 470 g/mol. The number of ether oxygens (including phenoxy) is 1. The second kappa shape index (κ2) is 9.84. The molecule has 3 rings (SSSR count). The van der Waals surface area contributed by atoms with Crippen molar-refractivity contribution in [3.05, 3.63) is 42.4 Å². The molecule has 1 aromatic heterocycles. The normalized spacial score (nSPS) is 19.2. The van der Waals surface area contributed by atoms with Gasteiger partial charge in [-0.25, -0.2) is 25.9 Å². The van der Waals surface area contributed by atoms with Crippen molar-refractivity contribution in [2.24, 2.45) is 5.92 Å². The van der Waals surface area contributed by atoms with Crippen LogP contribution in [0.3, 0.4) is 0 Å². The maximum atomic E-state index is 13.3. The van der Waals surface area contributed by atoms with E-state index in [2.05, 4.69) is 4.72 Å². The van der Waals surface area contributed by atoms with Gasteiger partial charge in [0.2, 0.25) is 26.0 Å². The van der Waals surface area contributed by atoms with Crippen molar-refractivity contribution in [2.45, 2.75) is 31.7 Å². The minimum atomic E-state index is -4.14. The third-order valence-corrected chi connectivity index (χ3v) is 8.94. The number of hydrogen-bond donors (Lipinski definition) is 1. The zero-order valence-electron chi connectivity index (χ0n) is 19.0. The molecule has 33 heavy (non-hydrogen) atoms. The molecular formula is C21H29N3O7S2. The maximum absolute atomic E-state index is 13.3. The number of nitrogens with zero attached hydrogens (tertiary/aromatic N) is 2. The number of rotatable bonds is 10. The quantitative estimate of drug-likeness (QED) is 0.526. The molecule has 10 nitrogen and oxygen atoms in total. The first kappa shape index (κ1) is 25.2. The van der Waals surface area contributed by atoms with Gasteiger partial charge in [-0.15, -0.1) is 0 Å². The molecule has 2 aromatic rings. The maximum Gasteiger partial charge on any atom is 0.244 e. The Kier molecular flexibility index (Phi) is 7.52. The van der Waals surface area contributed by atoms with Crippen LogP contribution in [0.1, 0.15) is 32.6 Å². The number of carbonyl (C=O) groups excluding carboxylic acids is 1. The minimum absolute atomic E-state index is 0.0168. The van der Waals surface area contributed by atoms with Gasteiger partial charge in [0.25, 0.3) is 0 Å². The summed E-state index contributed by atoms with van der Waals surface area (Å²) in [6.07, 6.45) is 1.53. The fourth-order valence-corrected chi connectivity index (χ4v) is 6.95. The lowest BCUT2D eigenvalue weighted by atomic mass is 10.2. The van der Waals surface area contributed by atoms with Gasteiger partial charge in [-0.05, 0) is 43.4 Å². The molecule has 2 atom stereocenters. The van der Waals surface area contributed by atoms with Crippen LogP contribution in [0.15, 0.2) is 45.9 Å². The zero-order chi connectivity index (χ0) is 24.4. The molecule has 0 radical (unpaired) electrons. The largest absolute Gasteiger partial charge is 0.495 e. The number of sulfonamides is 2. The van der Waals surface area contributed by atoms with Crippen LogP contribution in [0, 0.1) is 5.92 Å². The van der Waals surface area contributed by atoms with E-state index in [1.54, 1.807) is 12.1 Å². The number of amides is 1. The molecule has 2 heterocycles. The summed E-state index contributed by atoms with van der Waals surface area (Å²) >= 11 is 0. The molecule has 1 aromatic carbocycles. The average Bonchev–Trinajstić information content (AvgIpc) is 3.36. The highest BCUT2D eigenvalue weighted by Crippen LogP contribution is 2.34. The van der Waals surface area contributed by atoms with Crippen LogP contribution < -0.4 is 13.8 Å². The predicted molar refractivity (Wildman–Crippen MR) is 123 cm³/mol. The number of likely N-dealkylation sites (N-methyl/N-ethyl adjacent to an activating group) is 1. The lowest BCUT2D eigenvalue weighted by Gasteiger charge is -2.28. The molecule has 1 N–H and O–H groups in total. The Balaban J connectivity index is 1.95. The number of anilines is 1. The van der Waals surface area contributed by atoms with Gasteiger partial charge < -0.3 is 9.15 Å².